The summed E-state index contributed by atoms with van der Waals surface area (Å²) < 4.78 is 6.29. The first-order valence-corrected chi connectivity index (χ1v) is 8.80. The summed E-state index contributed by atoms with van der Waals surface area (Å²) in [6.07, 6.45) is 4.93. The quantitative estimate of drug-likeness (QED) is 0.912. The average Bonchev–Trinajstić information content (AvgIpc) is 2.53. The Morgan fingerprint density at radius 2 is 2.18 bits per heavy atom. The van der Waals surface area contributed by atoms with Crippen LogP contribution in [-0.2, 0) is 6.42 Å². The maximum atomic E-state index is 6.29. The number of hydrogen-bond donors (Lipinski definition) is 1. The van der Waals surface area contributed by atoms with Crippen LogP contribution in [0.2, 0.25) is 0 Å². The molecule has 1 atom stereocenters. The van der Waals surface area contributed by atoms with Crippen molar-refractivity contribution in [2.45, 2.75) is 52.5 Å². The molecule has 1 saturated heterocycles. The minimum atomic E-state index is 0.264. The van der Waals surface area contributed by atoms with Crippen molar-refractivity contribution in [2.24, 2.45) is 5.41 Å². The third-order valence-corrected chi connectivity index (χ3v) is 5.15. The number of fused-ring (bicyclic) bond motifs is 1. The number of nitrogens with one attached hydrogen (secondary N) is 1. The maximum Gasteiger partial charge on any atom is 0.142 e. The molecule has 3 heteroatoms. The van der Waals surface area contributed by atoms with Gasteiger partial charge in [-0.3, -0.25) is 0 Å². The Hall–Kier alpha value is -1.22. The summed E-state index contributed by atoms with van der Waals surface area (Å²) in [7, 11) is 0. The van der Waals surface area contributed by atoms with E-state index in [9.17, 15) is 0 Å². The van der Waals surface area contributed by atoms with Crippen LogP contribution in [0.4, 0.5) is 5.69 Å². The minimum Gasteiger partial charge on any atom is -0.491 e. The first-order chi connectivity index (χ1) is 10.6. The van der Waals surface area contributed by atoms with E-state index in [-0.39, 0.29) is 5.41 Å². The number of para-hydroxylation sites is 1. The van der Waals surface area contributed by atoms with E-state index in [2.05, 4.69) is 49.2 Å². The van der Waals surface area contributed by atoms with Crippen molar-refractivity contribution in [2.75, 3.05) is 31.6 Å². The van der Waals surface area contributed by atoms with Crippen molar-refractivity contribution in [1.82, 2.24) is 4.90 Å². The van der Waals surface area contributed by atoms with Gasteiger partial charge in [0.05, 0.1) is 12.3 Å². The topological polar surface area (TPSA) is 24.5 Å². The number of hydrogen-bond acceptors (Lipinski definition) is 3. The van der Waals surface area contributed by atoms with Crippen LogP contribution >= 0.6 is 0 Å². The standard InChI is InChI=1S/C19H30N2O/c1-15(2)21-12-6-10-19(3,13-21)14-22-17-9-4-7-16-8-5-11-20-18(16)17/h4,7,9,15,20H,5-6,8,10-14H2,1-3H3. The molecule has 1 unspecified atom stereocenters. The van der Waals surface area contributed by atoms with E-state index in [1.807, 2.05) is 0 Å². The van der Waals surface area contributed by atoms with Crippen molar-refractivity contribution in [3.8, 4) is 5.75 Å². The molecule has 0 aliphatic carbocycles. The largest absolute Gasteiger partial charge is 0.491 e. The van der Waals surface area contributed by atoms with E-state index in [4.69, 9.17) is 4.74 Å². The smallest absolute Gasteiger partial charge is 0.142 e. The van der Waals surface area contributed by atoms with Gasteiger partial charge in [0.2, 0.25) is 0 Å². The Morgan fingerprint density at radius 1 is 1.32 bits per heavy atom. The average molecular weight is 302 g/mol. The van der Waals surface area contributed by atoms with Crippen molar-refractivity contribution in [3.63, 3.8) is 0 Å². The lowest BCUT2D eigenvalue weighted by Crippen LogP contribution is -2.47. The van der Waals surface area contributed by atoms with E-state index >= 15 is 0 Å². The monoisotopic (exact) mass is 302 g/mol. The molecule has 0 bridgehead atoms. The van der Waals surface area contributed by atoms with Crippen LogP contribution in [0.3, 0.4) is 0 Å². The minimum absolute atomic E-state index is 0.264. The van der Waals surface area contributed by atoms with Crippen LogP contribution in [-0.4, -0.2) is 37.2 Å². The lowest BCUT2D eigenvalue weighted by Gasteiger charge is -2.42. The third kappa shape index (κ3) is 3.40. The van der Waals surface area contributed by atoms with Crippen molar-refractivity contribution in [1.29, 1.82) is 0 Å². The zero-order valence-electron chi connectivity index (χ0n) is 14.3. The Balaban J connectivity index is 1.67. The first kappa shape index (κ1) is 15.7. The highest BCUT2D eigenvalue weighted by atomic mass is 16.5. The van der Waals surface area contributed by atoms with Crippen molar-refractivity contribution < 1.29 is 4.74 Å². The fraction of sp³-hybridized carbons (Fsp3) is 0.684. The fourth-order valence-corrected chi connectivity index (χ4v) is 3.77. The fourth-order valence-electron chi connectivity index (χ4n) is 3.77. The second kappa shape index (κ2) is 6.49. The molecule has 3 rings (SSSR count). The predicted octanol–water partition coefficient (Wildman–Crippen LogP) is 3.93. The highest BCUT2D eigenvalue weighted by Gasteiger charge is 2.33. The molecule has 2 aliphatic heterocycles. The lowest BCUT2D eigenvalue weighted by molar-refractivity contribution is 0.0407. The Bertz CT molecular complexity index is 514. The number of nitrogens with zero attached hydrogens (tertiary/aromatic N) is 1. The third-order valence-electron chi connectivity index (χ3n) is 5.15. The van der Waals surface area contributed by atoms with Gasteiger partial charge in [-0.1, -0.05) is 19.1 Å². The van der Waals surface area contributed by atoms with Gasteiger partial charge in [0.15, 0.2) is 0 Å². The van der Waals surface area contributed by atoms with Crippen LogP contribution in [0.25, 0.3) is 0 Å². The van der Waals surface area contributed by atoms with Gasteiger partial charge >= 0.3 is 0 Å². The molecule has 0 saturated carbocycles. The Labute approximate surface area is 135 Å². The highest BCUT2D eigenvalue weighted by molar-refractivity contribution is 5.63. The van der Waals surface area contributed by atoms with Gasteiger partial charge in [-0.05, 0) is 57.7 Å². The molecule has 1 fully saturated rings. The zero-order valence-corrected chi connectivity index (χ0v) is 14.3. The molecule has 0 radical (unpaired) electrons. The van der Waals surface area contributed by atoms with Gasteiger partial charge in [-0.25, -0.2) is 0 Å². The van der Waals surface area contributed by atoms with Gasteiger partial charge < -0.3 is 15.0 Å². The molecule has 3 nitrogen and oxygen atoms in total. The number of benzene rings is 1. The van der Waals surface area contributed by atoms with E-state index < -0.39 is 0 Å². The van der Waals surface area contributed by atoms with Gasteiger partial charge in [0.1, 0.15) is 5.75 Å². The number of rotatable bonds is 4. The second-order valence-electron chi connectivity index (χ2n) is 7.59. The number of aryl methyl sites for hydroxylation is 1. The first-order valence-electron chi connectivity index (χ1n) is 8.80. The number of anilines is 1. The van der Waals surface area contributed by atoms with Gasteiger partial charge in [-0.2, -0.15) is 0 Å². The van der Waals surface area contributed by atoms with E-state index in [1.165, 1.54) is 37.1 Å². The summed E-state index contributed by atoms with van der Waals surface area (Å²) in [5.74, 6) is 1.04. The number of ether oxygens (including phenoxy) is 1. The molecule has 22 heavy (non-hydrogen) atoms. The molecule has 1 aromatic rings. The lowest BCUT2D eigenvalue weighted by atomic mass is 9.82. The van der Waals surface area contributed by atoms with E-state index in [0.717, 1.165) is 31.9 Å². The van der Waals surface area contributed by atoms with Gasteiger partial charge in [0, 0.05) is 24.5 Å². The molecule has 0 amide bonds. The molecular formula is C19H30N2O. The zero-order chi connectivity index (χ0) is 15.6. The summed E-state index contributed by atoms with van der Waals surface area (Å²) >= 11 is 0. The van der Waals surface area contributed by atoms with E-state index in [0.29, 0.717) is 6.04 Å². The second-order valence-corrected chi connectivity index (χ2v) is 7.59. The summed E-state index contributed by atoms with van der Waals surface area (Å²) in [5.41, 5.74) is 2.90. The van der Waals surface area contributed by atoms with Crippen LogP contribution in [0, 0.1) is 5.41 Å². The molecule has 0 aromatic heterocycles. The molecule has 2 heterocycles. The van der Waals surface area contributed by atoms with Crippen molar-refractivity contribution in [3.05, 3.63) is 23.8 Å². The van der Waals surface area contributed by atoms with Crippen LogP contribution in [0.15, 0.2) is 18.2 Å². The van der Waals surface area contributed by atoms with Crippen LogP contribution in [0.5, 0.6) is 5.75 Å². The summed E-state index contributed by atoms with van der Waals surface area (Å²) in [6, 6.07) is 7.09. The molecule has 1 aromatic carbocycles. The molecule has 0 spiro atoms. The van der Waals surface area contributed by atoms with Gasteiger partial charge in [0.25, 0.3) is 0 Å². The Kier molecular flexibility index (Phi) is 4.62. The summed E-state index contributed by atoms with van der Waals surface area (Å²) in [4.78, 5) is 2.59. The molecular weight excluding hydrogens is 272 g/mol. The number of piperidine rings is 1. The van der Waals surface area contributed by atoms with Gasteiger partial charge in [-0.15, -0.1) is 0 Å². The normalized spacial score (nSPS) is 25.6. The molecule has 122 valence electrons. The predicted molar refractivity (Wildman–Crippen MR) is 92.8 cm³/mol. The number of likely N-dealkylation sites (tertiary alicyclic amines) is 1. The van der Waals surface area contributed by atoms with Crippen LogP contribution in [0.1, 0.15) is 45.6 Å². The SMILES string of the molecule is CC(C)N1CCCC(C)(COc2cccc3c2NCCC3)C1. The highest BCUT2D eigenvalue weighted by Crippen LogP contribution is 2.35. The van der Waals surface area contributed by atoms with Crippen LogP contribution < -0.4 is 10.1 Å². The maximum absolute atomic E-state index is 6.29. The molecule has 1 N–H and O–H groups in total. The molecule has 2 aliphatic rings. The summed E-state index contributed by atoms with van der Waals surface area (Å²) in [5, 5.41) is 3.52. The van der Waals surface area contributed by atoms with E-state index in [1.54, 1.807) is 0 Å². The Morgan fingerprint density at radius 3 is 3.00 bits per heavy atom. The summed E-state index contributed by atoms with van der Waals surface area (Å²) in [6.45, 7) is 11.2. The van der Waals surface area contributed by atoms with Crippen molar-refractivity contribution >= 4 is 5.69 Å².